The van der Waals surface area contributed by atoms with Crippen LogP contribution in [0.3, 0.4) is 0 Å². The number of hydrogen-bond acceptors (Lipinski definition) is 6. The zero-order chi connectivity index (χ0) is 11.9. The smallest absolute Gasteiger partial charge is 0.294 e. The van der Waals surface area contributed by atoms with Crippen molar-refractivity contribution in [2.45, 2.75) is 13.0 Å². The molecule has 17 heavy (non-hydrogen) atoms. The lowest BCUT2D eigenvalue weighted by atomic mass is 10.3. The Morgan fingerprint density at radius 1 is 1.35 bits per heavy atom. The summed E-state index contributed by atoms with van der Waals surface area (Å²) in [5.74, 6) is 0. The first-order chi connectivity index (χ1) is 8.38. The number of aromatic nitrogens is 3. The van der Waals surface area contributed by atoms with Crippen LogP contribution in [0.5, 0.6) is 5.19 Å². The molecule has 0 aliphatic rings. The molecule has 2 rings (SSSR count). The second-order valence-corrected chi connectivity index (χ2v) is 4.44. The summed E-state index contributed by atoms with van der Waals surface area (Å²) >= 11 is 1.47. The fraction of sp³-hybridized carbons (Fsp3) is 0.364. The molecule has 0 saturated heterocycles. The molecule has 0 amide bonds. The quantitative estimate of drug-likeness (QED) is 0.836. The van der Waals surface area contributed by atoms with E-state index in [1.54, 1.807) is 6.20 Å². The van der Waals surface area contributed by atoms with Crippen molar-refractivity contribution in [2.75, 3.05) is 13.7 Å². The van der Waals surface area contributed by atoms with Gasteiger partial charge in [0.25, 0.3) is 5.19 Å². The van der Waals surface area contributed by atoms with Gasteiger partial charge in [0, 0.05) is 24.9 Å². The number of nitrogens with zero attached hydrogens (tertiary/aromatic N) is 3. The van der Waals surface area contributed by atoms with E-state index in [1.807, 2.05) is 25.2 Å². The highest BCUT2D eigenvalue weighted by molar-refractivity contribution is 7.13. The van der Waals surface area contributed by atoms with Crippen molar-refractivity contribution in [2.24, 2.45) is 0 Å². The van der Waals surface area contributed by atoms with Gasteiger partial charge in [-0.1, -0.05) is 17.4 Å². The predicted octanol–water partition coefficient (Wildman–Crippen LogP) is 1.27. The van der Waals surface area contributed by atoms with Crippen molar-refractivity contribution in [3.63, 3.8) is 0 Å². The largest absolute Gasteiger partial charge is 0.469 e. The molecule has 0 saturated carbocycles. The molecule has 0 radical (unpaired) electrons. The first-order valence-corrected chi connectivity index (χ1v) is 6.20. The summed E-state index contributed by atoms with van der Waals surface area (Å²) in [5, 5.41) is 12.5. The molecule has 90 valence electrons. The fourth-order valence-electron chi connectivity index (χ4n) is 1.31. The molecule has 0 aliphatic carbocycles. The average Bonchev–Trinajstić information content (AvgIpc) is 2.79. The first-order valence-electron chi connectivity index (χ1n) is 5.38. The van der Waals surface area contributed by atoms with Crippen LogP contribution < -0.4 is 10.1 Å². The Labute approximate surface area is 104 Å². The van der Waals surface area contributed by atoms with Crippen molar-refractivity contribution in [1.82, 2.24) is 20.5 Å². The van der Waals surface area contributed by atoms with Crippen molar-refractivity contribution in [3.05, 3.63) is 35.1 Å². The van der Waals surface area contributed by atoms with Crippen LogP contribution in [-0.4, -0.2) is 28.8 Å². The zero-order valence-electron chi connectivity index (χ0n) is 9.59. The Hall–Kier alpha value is -1.53. The van der Waals surface area contributed by atoms with Gasteiger partial charge in [-0.25, -0.2) is 0 Å². The third-order valence-electron chi connectivity index (χ3n) is 2.09. The summed E-state index contributed by atoms with van der Waals surface area (Å²) in [6.45, 7) is 1.30. The molecular formula is C11H14N4OS. The fourth-order valence-corrected chi connectivity index (χ4v) is 2.03. The molecule has 0 fully saturated rings. The molecule has 0 bridgehead atoms. The van der Waals surface area contributed by atoms with Crippen LogP contribution in [0, 0.1) is 0 Å². The Kier molecular flexibility index (Phi) is 4.40. The van der Waals surface area contributed by atoms with E-state index >= 15 is 0 Å². The molecule has 2 aromatic rings. The van der Waals surface area contributed by atoms with Crippen LogP contribution in [0.4, 0.5) is 0 Å². The summed E-state index contributed by atoms with van der Waals surface area (Å²) in [6.07, 6.45) is 2.56. The average molecular weight is 250 g/mol. The minimum Gasteiger partial charge on any atom is -0.469 e. The standard InChI is InChI=1S/C11H14N4OS/c1-12-8-10-14-15-11(17-10)16-7-5-9-4-2-3-6-13-9/h2-4,6,12H,5,7-8H2,1H3. The Morgan fingerprint density at radius 3 is 3.06 bits per heavy atom. The van der Waals surface area contributed by atoms with Crippen molar-refractivity contribution < 1.29 is 4.74 Å². The second kappa shape index (κ2) is 6.27. The van der Waals surface area contributed by atoms with E-state index in [0.717, 1.165) is 23.7 Å². The third kappa shape index (κ3) is 3.76. The monoisotopic (exact) mass is 250 g/mol. The third-order valence-corrected chi connectivity index (χ3v) is 2.92. The Morgan fingerprint density at radius 2 is 2.29 bits per heavy atom. The van der Waals surface area contributed by atoms with E-state index in [2.05, 4.69) is 20.5 Å². The van der Waals surface area contributed by atoms with E-state index < -0.39 is 0 Å². The highest BCUT2D eigenvalue weighted by atomic mass is 32.1. The molecule has 0 aromatic carbocycles. The molecule has 0 atom stereocenters. The lowest BCUT2D eigenvalue weighted by molar-refractivity contribution is 0.316. The van der Waals surface area contributed by atoms with Gasteiger partial charge in [0.2, 0.25) is 0 Å². The van der Waals surface area contributed by atoms with Gasteiger partial charge in [-0.05, 0) is 19.2 Å². The molecule has 6 heteroatoms. The maximum atomic E-state index is 5.51. The van der Waals surface area contributed by atoms with Gasteiger partial charge in [-0.3, -0.25) is 4.98 Å². The predicted molar refractivity (Wildman–Crippen MR) is 66.1 cm³/mol. The second-order valence-electron chi connectivity index (χ2n) is 3.41. The normalized spacial score (nSPS) is 10.4. The van der Waals surface area contributed by atoms with Crippen LogP contribution in [0.25, 0.3) is 0 Å². The highest BCUT2D eigenvalue weighted by Crippen LogP contribution is 2.17. The molecule has 2 aromatic heterocycles. The topological polar surface area (TPSA) is 59.9 Å². The minimum absolute atomic E-state index is 0.575. The van der Waals surface area contributed by atoms with Crippen molar-refractivity contribution >= 4 is 11.3 Å². The Balaban J connectivity index is 1.78. The van der Waals surface area contributed by atoms with Gasteiger partial charge < -0.3 is 10.1 Å². The summed E-state index contributed by atoms with van der Waals surface area (Å²) in [4.78, 5) is 4.22. The SMILES string of the molecule is CNCc1nnc(OCCc2ccccn2)s1. The van der Waals surface area contributed by atoms with Gasteiger partial charge in [-0.2, -0.15) is 0 Å². The maximum Gasteiger partial charge on any atom is 0.294 e. The zero-order valence-corrected chi connectivity index (χ0v) is 10.4. The summed E-state index contributed by atoms with van der Waals surface area (Å²) in [5.41, 5.74) is 1.02. The molecule has 2 heterocycles. The van der Waals surface area contributed by atoms with Gasteiger partial charge >= 0.3 is 0 Å². The van der Waals surface area contributed by atoms with E-state index in [9.17, 15) is 0 Å². The number of nitrogens with one attached hydrogen (secondary N) is 1. The summed E-state index contributed by atoms with van der Waals surface area (Å²) in [6, 6.07) is 5.85. The van der Waals surface area contributed by atoms with Gasteiger partial charge in [-0.15, -0.1) is 10.2 Å². The van der Waals surface area contributed by atoms with Gasteiger partial charge in [0.1, 0.15) is 5.01 Å². The Bertz CT molecular complexity index is 446. The number of pyridine rings is 1. The molecule has 0 aliphatic heterocycles. The van der Waals surface area contributed by atoms with Crippen LogP contribution in [-0.2, 0) is 13.0 Å². The summed E-state index contributed by atoms with van der Waals surface area (Å²) < 4.78 is 5.51. The molecule has 0 spiro atoms. The lowest BCUT2D eigenvalue weighted by Crippen LogP contribution is -2.04. The van der Waals surface area contributed by atoms with E-state index in [-0.39, 0.29) is 0 Å². The minimum atomic E-state index is 0.575. The maximum absolute atomic E-state index is 5.51. The van der Waals surface area contributed by atoms with E-state index in [0.29, 0.717) is 11.8 Å². The number of hydrogen-bond donors (Lipinski definition) is 1. The van der Waals surface area contributed by atoms with E-state index in [1.165, 1.54) is 11.3 Å². The molecule has 0 unspecified atom stereocenters. The van der Waals surface area contributed by atoms with Crippen LogP contribution in [0.1, 0.15) is 10.7 Å². The lowest BCUT2D eigenvalue weighted by Gasteiger charge is -2.00. The van der Waals surface area contributed by atoms with Gasteiger partial charge in [0.05, 0.1) is 6.61 Å². The summed E-state index contributed by atoms with van der Waals surface area (Å²) in [7, 11) is 1.88. The van der Waals surface area contributed by atoms with Crippen molar-refractivity contribution in [3.8, 4) is 5.19 Å². The first kappa shape index (κ1) is 11.9. The van der Waals surface area contributed by atoms with Crippen LogP contribution >= 0.6 is 11.3 Å². The highest BCUT2D eigenvalue weighted by Gasteiger charge is 2.04. The van der Waals surface area contributed by atoms with Crippen molar-refractivity contribution in [1.29, 1.82) is 0 Å². The number of ether oxygens (including phenoxy) is 1. The van der Waals surface area contributed by atoms with Crippen LogP contribution in [0.15, 0.2) is 24.4 Å². The van der Waals surface area contributed by atoms with Gasteiger partial charge in [0.15, 0.2) is 0 Å². The van der Waals surface area contributed by atoms with Crippen LogP contribution in [0.2, 0.25) is 0 Å². The number of rotatable bonds is 6. The molecular weight excluding hydrogens is 236 g/mol. The molecule has 5 nitrogen and oxygen atoms in total. The molecule has 1 N–H and O–H groups in total. The van der Waals surface area contributed by atoms with E-state index in [4.69, 9.17) is 4.74 Å².